The first-order valence-corrected chi connectivity index (χ1v) is 5.14. The summed E-state index contributed by atoms with van der Waals surface area (Å²) >= 11 is 0. The zero-order valence-corrected chi connectivity index (χ0v) is 10.5. The monoisotopic (exact) mass is 234 g/mol. The third-order valence-corrected chi connectivity index (χ3v) is 1.50. The molecule has 0 aromatic carbocycles. The number of aliphatic carboxylic acids is 1. The Balaban J connectivity index is 0. The number of carbonyl (C=O) groups is 1. The Labute approximate surface area is 96.0 Å². The van der Waals surface area contributed by atoms with Gasteiger partial charge in [0.25, 0.3) is 5.97 Å². The molecular weight excluding hydrogens is 212 g/mol. The van der Waals surface area contributed by atoms with E-state index in [4.69, 9.17) is 9.90 Å². The van der Waals surface area contributed by atoms with Crippen LogP contribution in [0.15, 0.2) is 10.2 Å². The van der Waals surface area contributed by atoms with Crippen molar-refractivity contribution in [3.63, 3.8) is 0 Å². The summed E-state index contributed by atoms with van der Waals surface area (Å²) < 4.78 is 0. The van der Waals surface area contributed by atoms with Crippen LogP contribution in [0.5, 0.6) is 0 Å². The summed E-state index contributed by atoms with van der Waals surface area (Å²) in [5, 5.41) is 32.9. The zero-order valence-electron chi connectivity index (χ0n) is 10.5. The maximum absolute atomic E-state index is 9.19. The Morgan fingerprint density at radius 2 is 1.12 bits per heavy atom. The number of hydrogen-bond donors (Lipinski definition) is 3. The van der Waals surface area contributed by atoms with Gasteiger partial charge >= 0.3 is 0 Å². The fraction of sp³-hybridized carbons (Fsp3) is 0.900. The molecule has 6 nitrogen and oxygen atoms in total. The van der Waals surface area contributed by atoms with Gasteiger partial charge in [-0.05, 0) is 0 Å². The summed E-state index contributed by atoms with van der Waals surface area (Å²) in [6.45, 7) is 8.44. The fourth-order valence-electron chi connectivity index (χ4n) is 0.403. The number of hydrogen-bond acceptors (Lipinski definition) is 5. The number of carboxylic acid groups (broad SMARTS) is 1. The van der Waals surface area contributed by atoms with Gasteiger partial charge in [0.2, 0.25) is 0 Å². The molecule has 0 aromatic rings. The van der Waals surface area contributed by atoms with Gasteiger partial charge in [-0.3, -0.25) is 4.79 Å². The van der Waals surface area contributed by atoms with Gasteiger partial charge in [-0.25, -0.2) is 0 Å². The van der Waals surface area contributed by atoms with E-state index in [1.54, 1.807) is 0 Å². The van der Waals surface area contributed by atoms with E-state index < -0.39 is 18.4 Å². The molecular formula is C10H22N2O4. The molecule has 0 aromatic heterocycles. The van der Waals surface area contributed by atoms with Crippen molar-refractivity contribution < 1.29 is 20.1 Å². The molecule has 16 heavy (non-hydrogen) atoms. The van der Waals surface area contributed by atoms with Crippen LogP contribution in [0.4, 0.5) is 0 Å². The summed E-state index contributed by atoms with van der Waals surface area (Å²) in [4.78, 5) is 9.00. The van der Waals surface area contributed by atoms with Crippen molar-refractivity contribution in [2.24, 2.45) is 22.1 Å². The predicted molar refractivity (Wildman–Crippen MR) is 59.9 cm³/mol. The highest BCUT2D eigenvalue weighted by Gasteiger charge is 2.10. The molecule has 0 aliphatic rings. The molecule has 0 aliphatic heterocycles. The van der Waals surface area contributed by atoms with Crippen LogP contribution in [0.1, 0.15) is 34.6 Å². The highest BCUT2D eigenvalue weighted by atomic mass is 16.4. The van der Waals surface area contributed by atoms with Gasteiger partial charge in [0.05, 0.1) is 0 Å². The second-order valence-corrected chi connectivity index (χ2v) is 4.07. The molecule has 2 unspecified atom stereocenters. The Morgan fingerprint density at radius 1 is 0.938 bits per heavy atom. The molecule has 0 saturated carbocycles. The lowest BCUT2D eigenvalue weighted by Crippen LogP contribution is -2.14. The van der Waals surface area contributed by atoms with Crippen molar-refractivity contribution in [3.05, 3.63) is 0 Å². The van der Waals surface area contributed by atoms with Crippen LogP contribution in [0.25, 0.3) is 0 Å². The van der Waals surface area contributed by atoms with E-state index in [0.717, 1.165) is 6.92 Å². The minimum absolute atomic E-state index is 0.0353. The molecule has 6 heteroatoms. The molecule has 0 rings (SSSR count). The van der Waals surface area contributed by atoms with Crippen molar-refractivity contribution in [1.82, 2.24) is 0 Å². The summed E-state index contributed by atoms with van der Waals surface area (Å²) in [7, 11) is 0. The van der Waals surface area contributed by atoms with Gasteiger partial charge in [-0.15, -0.1) is 0 Å². The minimum Gasteiger partial charge on any atom is -0.481 e. The maximum atomic E-state index is 9.19. The average Bonchev–Trinajstić information content (AvgIpc) is 2.12. The van der Waals surface area contributed by atoms with Crippen LogP contribution in [-0.2, 0) is 4.79 Å². The Hall–Kier alpha value is -1.01. The largest absolute Gasteiger partial charge is 0.481 e. The van der Waals surface area contributed by atoms with E-state index in [0.29, 0.717) is 0 Å². The lowest BCUT2D eigenvalue weighted by Gasteiger charge is -2.10. The van der Waals surface area contributed by atoms with Crippen molar-refractivity contribution in [2.45, 2.75) is 47.1 Å². The molecule has 0 amide bonds. The van der Waals surface area contributed by atoms with Crippen molar-refractivity contribution >= 4 is 5.97 Å². The summed E-state index contributed by atoms with van der Waals surface area (Å²) in [5.41, 5.74) is 0. The summed E-state index contributed by atoms with van der Waals surface area (Å²) in [5.74, 6) is -0.763. The van der Waals surface area contributed by atoms with E-state index in [2.05, 4.69) is 10.2 Å². The molecule has 96 valence electrons. The van der Waals surface area contributed by atoms with Gasteiger partial charge in [0, 0.05) is 18.8 Å². The van der Waals surface area contributed by atoms with E-state index in [9.17, 15) is 10.2 Å². The van der Waals surface area contributed by atoms with Crippen LogP contribution in [0, 0.1) is 11.8 Å². The zero-order chi connectivity index (χ0) is 13.3. The standard InChI is InChI=1S/C8H18N2O2.C2H4O2/c1-5(2)7(11)9-10-8(12)6(3)4;1-2(3)4/h5-8,11-12H,1-4H3;1H3,(H,3,4). The van der Waals surface area contributed by atoms with Crippen LogP contribution in [-0.4, -0.2) is 33.7 Å². The van der Waals surface area contributed by atoms with Crippen LogP contribution >= 0.6 is 0 Å². The van der Waals surface area contributed by atoms with Crippen LogP contribution in [0.3, 0.4) is 0 Å². The number of carboxylic acids is 1. The smallest absolute Gasteiger partial charge is 0.300 e. The van der Waals surface area contributed by atoms with Crippen LogP contribution < -0.4 is 0 Å². The highest BCUT2D eigenvalue weighted by Crippen LogP contribution is 2.07. The lowest BCUT2D eigenvalue weighted by atomic mass is 10.2. The number of nitrogens with zero attached hydrogens (tertiary/aromatic N) is 2. The van der Waals surface area contributed by atoms with Gasteiger partial charge in [0.1, 0.15) is 0 Å². The predicted octanol–water partition coefficient (Wildman–Crippen LogP) is 1.48. The van der Waals surface area contributed by atoms with Crippen molar-refractivity contribution in [1.29, 1.82) is 0 Å². The topological polar surface area (TPSA) is 102 Å². The third-order valence-electron chi connectivity index (χ3n) is 1.50. The first-order valence-electron chi connectivity index (χ1n) is 5.14. The lowest BCUT2D eigenvalue weighted by molar-refractivity contribution is -0.134. The Bertz CT molecular complexity index is 197. The maximum Gasteiger partial charge on any atom is 0.300 e. The molecule has 0 saturated heterocycles. The summed E-state index contributed by atoms with van der Waals surface area (Å²) in [6.07, 6.45) is -1.61. The Morgan fingerprint density at radius 3 is 1.25 bits per heavy atom. The molecule has 0 fully saturated rings. The quantitative estimate of drug-likeness (QED) is 0.641. The van der Waals surface area contributed by atoms with Gasteiger partial charge in [0.15, 0.2) is 12.5 Å². The normalized spacial score (nSPS) is 14.8. The molecule has 0 bridgehead atoms. The molecule has 2 atom stereocenters. The third kappa shape index (κ3) is 13.0. The molecule has 0 radical (unpaired) electrons. The number of aliphatic hydroxyl groups is 2. The van der Waals surface area contributed by atoms with E-state index in [1.807, 2.05) is 27.7 Å². The van der Waals surface area contributed by atoms with E-state index in [1.165, 1.54) is 0 Å². The number of aliphatic hydroxyl groups excluding tert-OH is 2. The van der Waals surface area contributed by atoms with Crippen LogP contribution in [0.2, 0.25) is 0 Å². The Kier molecular flexibility index (Phi) is 10.0. The second kappa shape index (κ2) is 9.23. The van der Waals surface area contributed by atoms with Crippen molar-refractivity contribution in [3.8, 4) is 0 Å². The fourth-order valence-corrected chi connectivity index (χ4v) is 0.403. The van der Waals surface area contributed by atoms with E-state index >= 15 is 0 Å². The van der Waals surface area contributed by atoms with E-state index in [-0.39, 0.29) is 11.8 Å². The summed E-state index contributed by atoms with van der Waals surface area (Å²) in [6, 6.07) is 0. The first kappa shape index (κ1) is 17.4. The molecule has 0 spiro atoms. The average molecular weight is 234 g/mol. The SMILES string of the molecule is CC(=O)O.CC(C)C(O)N=NC(O)C(C)C. The number of rotatable bonds is 4. The number of azo groups is 1. The van der Waals surface area contributed by atoms with Gasteiger partial charge in [-0.1, -0.05) is 27.7 Å². The minimum atomic E-state index is -0.833. The second-order valence-electron chi connectivity index (χ2n) is 4.07. The highest BCUT2D eigenvalue weighted by molar-refractivity contribution is 5.62. The molecule has 0 heterocycles. The molecule has 0 aliphatic carbocycles. The van der Waals surface area contributed by atoms with Crippen molar-refractivity contribution in [2.75, 3.05) is 0 Å². The molecule has 3 N–H and O–H groups in total. The van der Waals surface area contributed by atoms with Gasteiger partial charge < -0.3 is 15.3 Å². The van der Waals surface area contributed by atoms with Gasteiger partial charge in [-0.2, -0.15) is 10.2 Å². The first-order chi connectivity index (χ1) is 7.18.